The van der Waals surface area contributed by atoms with Crippen molar-refractivity contribution in [3.05, 3.63) is 23.3 Å². The van der Waals surface area contributed by atoms with Crippen molar-refractivity contribution in [2.24, 2.45) is 5.92 Å². The molecule has 1 unspecified atom stereocenters. The summed E-state index contributed by atoms with van der Waals surface area (Å²) < 4.78 is 4.93. The van der Waals surface area contributed by atoms with Gasteiger partial charge >= 0.3 is 5.97 Å². The molecule has 17 heavy (non-hydrogen) atoms. The van der Waals surface area contributed by atoms with Crippen LogP contribution in [0.15, 0.2) is 23.3 Å². The maximum absolute atomic E-state index is 11.4. The van der Waals surface area contributed by atoms with Crippen LogP contribution in [0.2, 0.25) is 0 Å². The van der Waals surface area contributed by atoms with Gasteiger partial charge in [0.15, 0.2) is 0 Å². The standard InChI is InChI=1S/C15H26O2/c1-6-17-15(16)14(5)11-10-13(4)9-7-8-12(2)3/h8,11,13H,6-7,9-10H2,1-5H3/b14-11+. The molecule has 1 atom stereocenters. The molecule has 0 aliphatic rings. The van der Waals surface area contributed by atoms with Gasteiger partial charge in [0.2, 0.25) is 0 Å². The lowest BCUT2D eigenvalue weighted by Gasteiger charge is -2.08. The lowest BCUT2D eigenvalue weighted by Crippen LogP contribution is -2.05. The van der Waals surface area contributed by atoms with Crippen LogP contribution in [0.4, 0.5) is 0 Å². The first kappa shape index (κ1) is 16.0. The van der Waals surface area contributed by atoms with E-state index in [1.165, 1.54) is 5.57 Å². The number of allylic oxidation sites excluding steroid dienone is 3. The number of hydrogen-bond acceptors (Lipinski definition) is 2. The molecule has 0 heterocycles. The Morgan fingerprint density at radius 3 is 2.41 bits per heavy atom. The predicted octanol–water partition coefficient (Wildman–Crippen LogP) is 4.27. The lowest BCUT2D eigenvalue weighted by atomic mass is 9.99. The lowest BCUT2D eigenvalue weighted by molar-refractivity contribution is -0.138. The van der Waals surface area contributed by atoms with Crippen molar-refractivity contribution >= 4 is 5.97 Å². The van der Waals surface area contributed by atoms with Gasteiger partial charge in [-0.2, -0.15) is 0 Å². The molecular weight excluding hydrogens is 212 g/mol. The van der Waals surface area contributed by atoms with Gasteiger partial charge in [-0.05, 0) is 52.9 Å². The van der Waals surface area contributed by atoms with E-state index in [0.717, 1.165) is 24.8 Å². The molecule has 0 spiro atoms. The van der Waals surface area contributed by atoms with Gasteiger partial charge in [0.1, 0.15) is 0 Å². The molecule has 2 nitrogen and oxygen atoms in total. The Bertz CT molecular complexity index is 283. The first-order valence-electron chi connectivity index (χ1n) is 6.44. The summed E-state index contributed by atoms with van der Waals surface area (Å²) in [6, 6.07) is 0. The molecule has 0 fully saturated rings. The van der Waals surface area contributed by atoms with Crippen LogP contribution in [-0.4, -0.2) is 12.6 Å². The van der Waals surface area contributed by atoms with Crippen LogP contribution in [0.25, 0.3) is 0 Å². The molecule has 0 aromatic carbocycles. The zero-order valence-electron chi connectivity index (χ0n) is 11.9. The summed E-state index contributed by atoms with van der Waals surface area (Å²) in [5.41, 5.74) is 2.09. The van der Waals surface area contributed by atoms with Gasteiger partial charge in [-0.25, -0.2) is 4.79 Å². The predicted molar refractivity (Wildman–Crippen MR) is 72.8 cm³/mol. The maximum atomic E-state index is 11.4. The highest BCUT2D eigenvalue weighted by atomic mass is 16.5. The minimum atomic E-state index is -0.191. The number of hydrogen-bond donors (Lipinski definition) is 0. The Morgan fingerprint density at radius 2 is 1.88 bits per heavy atom. The smallest absolute Gasteiger partial charge is 0.333 e. The maximum Gasteiger partial charge on any atom is 0.333 e. The van der Waals surface area contributed by atoms with Gasteiger partial charge in [-0.15, -0.1) is 0 Å². The van der Waals surface area contributed by atoms with Gasteiger partial charge in [0.25, 0.3) is 0 Å². The largest absolute Gasteiger partial charge is 0.463 e. The Balaban J connectivity index is 3.96. The molecule has 0 radical (unpaired) electrons. The van der Waals surface area contributed by atoms with Crippen molar-refractivity contribution in [1.29, 1.82) is 0 Å². The zero-order valence-corrected chi connectivity index (χ0v) is 11.9. The summed E-state index contributed by atoms with van der Waals surface area (Å²) >= 11 is 0. The van der Waals surface area contributed by atoms with Crippen molar-refractivity contribution < 1.29 is 9.53 Å². The summed E-state index contributed by atoms with van der Waals surface area (Å²) in [6.45, 7) is 10.5. The summed E-state index contributed by atoms with van der Waals surface area (Å²) in [7, 11) is 0. The number of carbonyl (C=O) groups is 1. The molecule has 0 N–H and O–H groups in total. The highest BCUT2D eigenvalue weighted by Gasteiger charge is 2.05. The molecule has 0 aliphatic heterocycles. The van der Waals surface area contributed by atoms with Crippen LogP contribution in [0.5, 0.6) is 0 Å². The van der Waals surface area contributed by atoms with E-state index in [0.29, 0.717) is 12.5 Å². The molecule has 0 aliphatic carbocycles. The first-order valence-corrected chi connectivity index (χ1v) is 6.44. The van der Waals surface area contributed by atoms with E-state index >= 15 is 0 Å². The van der Waals surface area contributed by atoms with Crippen molar-refractivity contribution in [2.45, 2.75) is 53.9 Å². The third-order valence-corrected chi connectivity index (χ3v) is 2.64. The van der Waals surface area contributed by atoms with Crippen molar-refractivity contribution in [3.63, 3.8) is 0 Å². The SMILES string of the molecule is CCOC(=O)/C(C)=C/CC(C)CCC=C(C)C. The van der Waals surface area contributed by atoms with Crippen molar-refractivity contribution in [3.8, 4) is 0 Å². The second-order valence-corrected chi connectivity index (χ2v) is 4.81. The minimum Gasteiger partial charge on any atom is -0.463 e. The highest BCUT2D eigenvalue weighted by molar-refractivity contribution is 5.87. The molecule has 0 amide bonds. The molecule has 0 bridgehead atoms. The summed E-state index contributed by atoms with van der Waals surface area (Å²) in [5, 5.41) is 0. The monoisotopic (exact) mass is 238 g/mol. The second-order valence-electron chi connectivity index (χ2n) is 4.81. The minimum absolute atomic E-state index is 0.191. The van der Waals surface area contributed by atoms with E-state index in [9.17, 15) is 4.79 Å². The number of ether oxygens (including phenoxy) is 1. The molecule has 0 aromatic rings. The van der Waals surface area contributed by atoms with Crippen molar-refractivity contribution in [2.75, 3.05) is 6.61 Å². The van der Waals surface area contributed by atoms with E-state index in [2.05, 4.69) is 26.8 Å². The average Bonchev–Trinajstić information content (AvgIpc) is 2.25. The summed E-state index contributed by atoms with van der Waals surface area (Å²) in [5.74, 6) is 0.416. The average molecular weight is 238 g/mol. The fourth-order valence-electron chi connectivity index (χ4n) is 1.48. The Morgan fingerprint density at radius 1 is 1.24 bits per heavy atom. The highest BCUT2D eigenvalue weighted by Crippen LogP contribution is 2.14. The quantitative estimate of drug-likeness (QED) is 0.376. The number of esters is 1. The topological polar surface area (TPSA) is 26.3 Å². The van der Waals surface area contributed by atoms with Gasteiger partial charge in [-0.3, -0.25) is 0 Å². The van der Waals surface area contributed by atoms with Crippen LogP contribution in [0.3, 0.4) is 0 Å². The molecule has 0 rings (SSSR count). The fourth-order valence-corrected chi connectivity index (χ4v) is 1.48. The van der Waals surface area contributed by atoms with E-state index in [1.807, 2.05) is 19.9 Å². The summed E-state index contributed by atoms with van der Waals surface area (Å²) in [6.07, 6.45) is 7.48. The zero-order chi connectivity index (χ0) is 13.3. The normalized spacial score (nSPS) is 13.1. The van der Waals surface area contributed by atoms with Gasteiger partial charge in [0.05, 0.1) is 6.61 Å². The van der Waals surface area contributed by atoms with E-state index in [1.54, 1.807) is 0 Å². The van der Waals surface area contributed by atoms with E-state index in [-0.39, 0.29) is 5.97 Å². The molecule has 0 saturated heterocycles. The third-order valence-electron chi connectivity index (χ3n) is 2.64. The molecule has 98 valence electrons. The first-order chi connectivity index (χ1) is 7.97. The molecule has 0 aromatic heterocycles. The Hall–Kier alpha value is -1.05. The molecular formula is C15H26O2. The van der Waals surface area contributed by atoms with E-state index in [4.69, 9.17) is 4.74 Å². The summed E-state index contributed by atoms with van der Waals surface area (Å²) in [4.78, 5) is 11.4. The van der Waals surface area contributed by atoms with Gasteiger partial charge < -0.3 is 4.74 Å². The second kappa shape index (κ2) is 9.03. The number of rotatable bonds is 7. The van der Waals surface area contributed by atoms with Crippen LogP contribution < -0.4 is 0 Å². The Labute approximate surface area is 106 Å². The van der Waals surface area contributed by atoms with Crippen LogP contribution >= 0.6 is 0 Å². The van der Waals surface area contributed by atoms with Crippen LogP contribution in [0.1, 0.15) is 53.9 Å². The number of carbonyl (C=O) groups excluding carboxylic acids is 1. The van der Waals surface area contributed by atoms with E-state index < -0.39 is 0 Å². The van der Waals surface area contributed by atoms with Crippen LogP contribution in [0, 0.1) is 5.92 Å². The van der Waals surface area contributed by atoms with Crippen molar-refractivity contribution in [1.82, 2.24) is 0 Å². The molecule has 2 heteroatoms. The third kappa shape index (κ3) is 8.73. The van der Waals surface area contributed by atoms with Gasteiger partial charge in [0, 0.05) is 5.57 Å². The van der Waals surface area contributed by atoms with Gasteiger partial charge in [-0.1, -0.05) is 24.6 Å². The Kier molecular flexibility index (Phi) is 8.47. The fraction of sp³-hybridized carbons (Fsp3) is 0.667. The molecule has 0 saturated carbocycles. The van der Waals surface area contributed by atoms with Crippen LogP contribution in [-0.2, 0) is 9.53 Å².